The second-order valence-electron chi connectivity index (χ2n) is 6.61. The monoisotopic (exact) mass is 297 g/mol. The van der Waals surface area contributed by atoms with E-state index in [9.17, 15) is 14.7 Å². The summed E-state index contributed by atoms with van der Waals surface area (Å²) < 4.78 is 5.51. The molecule has 5 nitrogen and oxygen atoms in total. The first kappa shape index (κ1) is 16.3. The molecule has 0 spiro atoms. The highest BCUT2D eigenvalue weighted by molar-refractivity contribution is 5.85. The number of carboxylic acids is 1. The van der Waals surface area contributed by atoms with Gasteiger partial charge in [0.15, 0.2) is 0 Å². The molecule has 0 aromatic heterocycles. The van der Waals surface area contributed by atoms with Crippen molar-refractivity contribution in [1.29, 1.82) is 0 Å². The molecule has 1 N–H and O–H groups in total. The van der Waals surface area contributed by atoms with Gasteiger partial charge in [-0.2, -0.15) is 0 Å². The van der Waals surface area contributed by atoms with Gasteiger partial charge in [-0.15, -0.1) is 0 Å². The van der Waals surface area contributed by atoms with Crippen LogP contribution in [0.1, 0.15) is 58.3 Å². The third-order valence-electron chi connectivity index (χ3n) is 5.23. The first-order chi connectivity index (χ1) is 9.96. The van der Waals surface area contributed by atoms with Gasteiger partial charge in [0.05, 0.1) is 17.6 Å². The average molecular weight is 297 g/mol. The van der Waals surface area contributed by atoms with Gasteiger partial charge in [-0.05, 0) is 26.2 Å². The Morgan fingerprint density at radius 3 is 2.33 bits per heavy atom. The van der Waals surface area contributed by atoms with E-state index in [0.717, 1.165) is 32.1 Å². The maximum absolute atomic E-state index is 12.6. The first-order valence-electron chi connectivity index (χ1n) is 8.07. The lowest BCUT2D eigenvalue weighted by molar-refractivity contribution is -0.155. The molecule has 0 aromatic carbocycles. The van der Waals surface area contributed by atoms with E-state index in [-0.39, 0.29) is 24.5 Å². The molecule has 2 unspecified atom stereocenters. The second kappa shape index (κ2) is 6.77. The van der Waals surface area contributed by atoms with E-state index in [1.165, 1.54) is 0 Å². The van der Waals surface area contributed by atoms with Crippen LogP contribution in [0.15, 0.2) is 0 Å². The Morgan fingerprint density at radius 2 is 1.86 bits per heavy atom. The number of carboxylic acid groups (broad SMARTS) is 1. The maximum atomic E-state index is 12.6. The lowest BCUT2D eigenvalue weighted by atomic mass is 9.77. The molecular weight excluding hydrogens is 270 g/mol. The van der Waals surface area contributed by atoms with Crippen molar-refractivity contribution in [2.45, 2.75) is 70.4 Å². The van der Waals surface area contributed by atoms with Crippen molar-refractivity contribution in [2.24, 2.45) is 5.41 Å². The first-order valence-corrected chi connectivity index (χ1v) is 8.07. The molecule has 2 aliphatic rings. The SMILES string of the molecule is CC1OCCC1N(C)C(=O)CC1(C(=O)O)CCCCCC1. The number of carbonyl (C=O) groups excluding carboxylic acids is 1. The highest BCUT2D eigenvalue weighted by Crippen LogP contribution is 2.39. The molecule has 120 valence electrons. The Hall–Kier alpha value is -1.10. The number of hydrogen-bond acceptors (Lipinski definition) is 3. The summed E-state index contributed by atoms with van der Waals surface area (Å²) >= 11 is 0. The van der Waals surface area contributed by atoms with E-state index in [1.807, 2.05) is 6.92 Å². The van der Waals surface area contributed by atoms with Gasteiger partial charge in [-0.1, -0.05) is 25.7 Å². The predicted octanol–water partition coefficient (Wildman–Crippen LogP) is 2.44. The van der Waals surface area contributed by atoms with Crippen LogP contribution in [0.3, 0.4) is 0 Å². The molecule has 2 rings (SSSR count). The van der Waals surface area contributed by atoms with Gasteiger partial charge >= 0.3 is 5.97 Å². The molecule has 1 saturated carbocycles. The van der Waals surface area contributed by atoms with E-state index in [4.69, 9.17) is 4.74 Å². The number of hydrogen-bond donors (Lipinski definition) is 1. The summed E-state index contributed by atoms with van der Waals surface area (Å²) in [5.74, 6) is -0.858. The van der Waals surface area contributed by atoms with Gasteiger partial charge in [0, 0.05) is 20.1 Å². The van der Waals surface area contributed by atoms with Crippen molar-refractivity contribution in [3.05, 3.63) is 0 Å². The molecule has 0 radical (unpaired) electrons. The number of amides is 1. The van der Waals surface area contributed by atoms with Gasteiger partial charge in [-0.25, -0.2) is 0 Å². The Kier molecular flexibility index (Phi) is 5.25. The third-order valence-corrected chi connectivity index (χ3v) is 5.23. The summed E-state index contributed by atoms with van der Waals surface area (Å²) in [7, 11) is 1.78. The largest absolute Gasteiger partial charge is 0.481 e. The van der Waals surface area contributed by atoms with E-state index < -0.39 is 11.4 Å². The van der Waals surface area contributed by atoms with Crippen molar-refractivity contribution in [1.82, 2.24) is 4.90 Å². The summed E-state index contributed by atoms with van der Waals surface area (Å²) in [6, 6.07) is 0.0779. The summed E-state index contributed by atoms with van der Waals surface area (Å²) in [6.45, 7) is 2.65. The van der Waals surface area contributed by atoms with E-state index >= 15 is 0 Å². The van der Waals surface area contributed by atoms with Crippen LogP contribution in [0.2, 0.25) is 0 Å². The zero-order valence-corrected chi connectivity index (χ0v) is 13.1. The molecule has 2 atom stereocenters. The van der Waals surface area contributed by atoms with Gasteiger partial charge < -0.3 is 14.7 Å². The van der Waals surface area contributed by atoms with Crippen molar-refractivity contribution in [3.63, 3.8) is 0 Å². The molecule has 0 aromatic rings. The van der Waals surface area contributed by atoms with Crippen LogP contribution in [-0.2, 0) is 14.3 Å². The smallest absolute Gasteiger partial charge is 0.310 e. The van der Waals surface area contributed by atoms with E-state index in [1.54, 1.807) is 11.9 Å². The minimum Gasteiger partial charge on any atom is -0.481 e. The van der Waals surface area contributed by atoms with Crippen LogP contribution in [0, 0.1) is 5.41 Å². The summed E-state index contributed by atoms with van der Waals surface area (Å²) in [4.78, 5) is 26.1. The number of rotatable bonds is 4. The van der Waals surface area contributed by atoms with Crippen molar-refractivity contribution < 1.29 is 19.4 Å². The standard InChI is InChI=1S/C16H27NO4/c1-12-13(7-10-21-12)17(2)14(18)11-16(15(19)20)8-5-3-4-6-9-16/h12-13H,3-11H2,1-2H3,(H,19,20). The lowest BCUT2D eigenvalue weighted by Crippen LogP contribution is -2.44. The van der Waals surface area contributed by atoms with Gasteiger partial charge in [-0.3, -0.25) is 9.59 Å². The number of ether oxygens (including phenoxy) is 1. The Bertz CT molecular complexity index is 388. The van der Waals surface area contributed by atoms with Crippen LogP contribution >= 0.6 is 0 Å². The minimum atomic E-state index is -0.857. The normalized spacial score (nSPS) is 28.9. The fourth-order valence-corrected chi connectivity index (χ4v) is 3.70. The zero-order valence-electron chi connectivity index (χ0n) is 13.1. The molecule has 1 amide bonds. The third kappa shape index (κ3) is 3.57. The van der Waals surface area contributed by atoms with Crippen molar-refractivity contribution in [3.8, 4) is 0 Å². The van der Waals surface area contributed by atoms with Gasteiger partial charge in [0.25, 0.3) is 0 Å². The Morgan fingerprint density at radius 1 is 1.24 bits per heavy atom. The average Bonchev–Trinajstić information content (AvgIpc) is 2.72. The fourth-order valence-electron chi connectivity index (χ4n) is 3.70. The fraction of sp³-hybridized carbons (Fsp3) is 0.875. The van der Waals surface area contributed by atoms with Crippen LogP contribution < -0.4 is 0 Å². The molecule has 1 saturated heterocycles. The Balaban J connectivity index is 2.05. The molecule has 2 fully saturated rings. The summed E-state index contributed by atoms with van der Waals surface area (Å²) in [6.07, 6.45) is 6.22. The molecule has 1 aliphatic heterocycles. The molecule has 0 bridgehead atoms. The van der Waals surface area contributed by atoms with E-state index in [0.29, 0.717) is 19.4 Å². The zero-order chi connectivity index (χ0) is 15.5. The van der Waals surface area contributed by atoms with Crippen LogP contribution in [0.5, 0.6) is 0 Å². The van der Waals surface area contributed by atoms with Gasteiger partial charge in [0.1, 0.15) is 0 Å². The molecule has 21 heavy (non-hydrogen) atoms. The van der Waals surface area contributed by atoms with Crippen LogP contribution in [0.25, 0.3) is 0 Å². The quantitative estimate of drug-likeness (QED) is 0.809. The summed E-state index contributed by atoms with van der Waals surface area (Å²) in [5, 5.41) is 9.67. The van der Waals surface area contributed by atoms with Crippen molar-refractivity contribution >= 4 is 11.9 Å². The summed E-state index contributed by atoms with van der Waals surface area (Å²) in [5.41, 5.74) is -0.857. The molecular formula is C16H27NO4. The number of nitrogens with zero attached hydrogens (tertiary/aromatic N) is 1. The maximum Gasteiger partial charge on any atom is 0.310 e. The van der Waals surface area contributed by atoms with Gasteiger partial charge in [0.2, 0.25) is 5.91 Å². The van der Waals surface area contributed by atoms with Crippen LogP contribution in [-0.4, -0.2) is 47.7 Å². The Labute approximate surface area is 126 Å². The number of carbonyl (C=O) groups is 2. The topological polar surface area (TPSA) is 66.8 Å². The molecule has 5 heteroatoms. The number of aliphatic carboxylic acids is 1. The molecule has 1 aliphatic carbocycles. The number of likely N-dealkylation sites (N-methyl/N-ethyl adjacent to an activating group) is 1. The highest BCUT2D eigenvalue weighted by Gasteiger charge is 2.42. The minimum absolute atomic E-state index is 0.0360. The van der Waals surface area contributed by atoms with E-state index in [2.05, 4.69) is 0 Å². The predicted molar refractivity (Wildman–Crippen MR) is 79.0 cm³/mol. The van der Waals surface area contributed by atoms with Crippen molar-refractivity contribution in [2.75, 3.05) is 13.7 Å². The van der Waals surface area contributed by atoms with Crippen LogP contribution in [0.4, 0.5) is 0 Å². The molecule has 1 heterocycles. The highest BCUT2D eigenvalue weighted by atomic mass is 16.5. The second-order valence-corrected chi connectivity index (χ2v) is 6.61. The lowest BCUT2D eigenvalue weighted by Gasteiger charge is -2.32.